The van der Waals surface area contributed by atoms with Crippen LogP contribution in [0, 0.1) is 0 Å². The van der Waals surface area contributed by atoms with Crippen molar-refractivity contribution < 1.29 is 9.59 Å². The van der Waals surface area contributed by atoms with E-state index in [2.05, 4.69) is 35.1 Å². The first kappa shape index (κ1) is 20.2. The van der Waals surface area contributed by atoms with Gasteiger partial charge in [-0.1, -0.05) is 53.2 Å². The van der Waals surface area contributed by atoms with Crippen molar-refractivity contribution in [1.82, 2.24) is 10.2 Å². The predicted molar refractivity (Wildman–Crippen MR) is 108 cm³/mol. The van der Waals surface area contributed by atoms with E-state index in [1.54, 1.807) is 0 Å². The van der Waals surface area contributed by atoms with Gasteiger partial charge in [0.25, 0.3) is 5.91 Å². The summed E-state index contributed by atoms with van der Waals surface area (Å²) in [7, 11) is 0. The van der Waals surface area contributed by atoms with E-state index < -0.39 is 0 Å². The summed E-state index contributed by atoms with van der Waals surface area (Å²) in [6.45, 7) is 6.77. The molecule has 1 atom stereocenters. The lowest BCUT2D eigenvalue weighted by atomic mass is 10.0. The first-order valence-electron chi connectivity index (χ1n) is 8.82. The van der Waals surface area contributed by atoms with E-state index in [0.29, 0.717) is 18.7 Å². The van der Waals surface area contributed by atoms with E-state index in [-0.39, 0.29) is 17.9 Å². The summed E-state index contributed by atoms with van der Waals surface area (Å²) < 4.78 is 1.01. The van der Waals surface area contributed by atoms with E-state index in [9.17, 15) is 9.59 Å². The van der Waals surface area contributed by atoms with Crippen LogP contribution < -0.4 is 5.32 Å². The number of amides is 2. The molecule has 0 heterocycles. The topological polar surface area (TPSA) is 49.4 Å². The van der Waals surface area contributed by atoms with Crippen molar-refractivity contribution in [2.75, 3.05) is 6.54 Å². The number of halogens is 1. The molecule has 4 nitrogen and oxygen atoms in total. The van der Waals surface area contributed by atoms with Crippen LogP contribution in [0.5, 0.6) is 0 Å². The molecule has 5 heteroatoms. The third kappa shape index (κ3) is 5.18. The smallest absolute Gasteiger partial charge is 0.254 e. The Labute approximate surface area is 163 Å². The van der Waals surface area contributed by atoms with E-state index in [1.165, 1.54) is 6.92 Å². The van der Waals surface area contributed by atoms with Gasteiger partial charge in [0, 0.05) is 30.0 Å². The van der Waals surface area contributed by atoms with Gasteiger partial charge in [0.2, 0.25) is 5.91 Å². The summed E-state index contributed by atoms with van der Waals surface area (Å²) in [5.74, 6) is -0.0530. The summed E-state index contributed by atoms with van der Waals surface area (Å²) in [4.78, 5) is 26.0. The highest BCUT2D eigenvalue weighted by Crippen LogP contribution is 2.28. The third-order valence-corrected chi connectivity index (χ3v) is 5.01. The van der Waals surface area contributed by atoms with Crippen LogP contribution in [-0.4, -0.2) is 23.3 Å². The maximum Gasteiger partial charge on any atom is 0.254 e. The second-order valence-corrected chi connectivity index (χ2v) is 7.16. The number of rotatable bonds is 7. The molecular weight excluding hydrogens is 392 g/mol. The molecule has 2 rings (SSSR count). The Balaban J connectivity index is 2.20. The van der Waals surface area contributed by atoms with Crippen LogP contribution in [0.15, 0.2) is 53.0 Å². The first-order chi connectivity index (χ1) is 12.4. The highest BCUT2D eigenvalue weighted by molar-refractivity contribution is 9.10. The van der Waals surface area contributed by atoms with Gasteiger partial charge in [-0.3, -0.25) is 9.59 Å². The fraction of sp³-hybridized carbons (Fsp3) is 0.333. The van der Waals surface area contributed by atoms with Crippen molar-refractivity contribution in [3.05, 3.63) is 69.7 Å². The third-order valence-electron chi connectivity index (χ3n) is 4.29. The largest absolute Gasteiger partial charge is 0.352 e. The number of nitrogens with one attached hydrogen (secondary N) is 1. The molecule has 2 amide bonds. The molecule has 0 bridgehead atoms. The van der Waals surface area contributed by atoms with Crippen LogP contribution >= 0.6 is 15.9 Å². The molecule has 0 radical (unpaired) electrons. The molecule has 2 aromatic carbocycles. The Morgan fingerprint density at radius 3 is 2.35 bits per heavy atom. The fourth-order valence-electron chi connectivity index (χ4n) is 2.85. The average Bonchev–Trinajstić information content (AvgIpc) is 2.64. The van der Waals surface area contributed by atoms with Gasteiger partial charge in [0.15, 0.2) is 0 Å². The second-order valence-electron chi connectivity index (χ2n) is 6.30. The van der Waals surface area contributed by atoms with Gasteiger partial charge < -0.3 is 10.2 Å². The highest BCUT2D eigenvalue weighted by Gasteiger charge is 2.23. The quantitative estimate of drug-likeness (QED) is 0.710. The number of hydrogen-bond acceptors (Lipinski definition) is 2. The van der Waals surface area contributed by atoms with E-state index in [0.717, 1.165) is 22.0 Å². The highest BCUT2D eigenvalue weighted by atomic mass is 79.9. The SMILES string of the molecule is CCCN(C(=O)c1ccc(CNC(C)=O)cc1)C(C)c1ccccc1Br. The molecule has 1 N–H and O–H groups in total. The molecule has 2 aromatic rings. The number of hydrogen-bond donors (Lipinski definition) is 1. The Morgan fingerprint density at radius 2 is 1.77 bits per heavy atom. The summed E-state index contributed by atoms with van der Waals surface area (Å²) in [5, 5.41) is 2.76. The second kappa shape index (κ2) is 9.53. The minimum Gasteiger partial charge on any atom is -0.352 e. The normalized spacial score (nSPS) is 11.7. The van der Waals surface area contributed by atoms with Crippen LogP contribution in [0.3, 0.4) is 0 Å². The molecule has 0 saturated heterocycles. The summed E-state index contributed by atoms with van der Waals surface area (Å²) in [6, 6.07) is 15.4. The molecule has 0 fully saturated rings. The van der Waals surface area contributed by atoms with Crippen LogP contribution in [0.4, 0.5) is 0 Å². The zero-order valence-corrected chi connectivity index (χ0v) is 17.0. The Bertz CT molecular complexity index is 759. The van der Waals surface area contributed by atoms with Gasteiger partial charge in [-0.15, -0.1) is 0 Å². The lowest BCUT2D eigenvalue weighted by Gasteiger charge is -2.30. The Kier molecular flexibility index (Phi) is 7.39. The maximum absolute atomic E-state index is 13.1. The number of benzene rings is 2. The molecule has 0 saturated carbocycles. The van der Waals surface area contributed by atoms with E-state index in [4.69, 9.17) is 0 Å². The Morgan fingerprint density at radius 1 is 1.12 bits per heavy atom. The van der Waals surface area contributed by atoms with Crippen molar-refractivity contribution in [2.45, 2.75) is 39.8 Å². The van der Waals surface area contributed by atoms with Crippen LogP contribution in [0.25, 0.3) is 0 Å². The molecular formula is C21H25BrN2O2. The predicted octanol–water partition coefficient (Wildman–Crippen LogP) is 4.70. The van der Waals surface area contributed by atoms with Gasteiger partial charge in [-0.05, 0) is 42.7 Å². The number of carbonyl (C=O) groups is 2. The number of carbonyl (C=O) groups excluding carboxylic acids is 2. The first-order valence-corrected chi connectivity index (χ1v) is 9.62. The molecule has 0 aliphatic heterocycles. The zero-order chi connectivity index (χ0) is 19.1. The fourth-order valence-corrected chi connectivity index (χ4v) is 3.47. The van der Waals surface area contributed by atoms with Gasteiger partial charge in [0.1, 0.15) is 0 Å². The van der Waals surface area contributed by atoms with Gasteiger partial charge in [0.05, 0.1) is 6.04 Å². The lowest BCUT2D eigenvalue weighted by Crippen LogP contribution is -2.34. The van der Waals surface area contributed by atoms with Crippen molar-refractivity contribution in [2.24, 2.45) is 0 Å². The molecule has 1 unspecified atom stereocenters. The molecule has 0 aromatic heterocycles. The van der Waals surface area contributed by atoms with Crippen LogP contribution in [0.1, 0.15) is 54.7 Å². The van der Waals surface area contributed by atoms with Gasteiger partial charge in [-0.2, -0.15) is 0 Å². The van der Waals surface area contributed by atoms with Gasteiger partial charge >= 0.3 is 0 Å². The summed E-state index contributed by atoms with van der Waals surface area (Å²) in [6.07, 6.45) is 0.890. The monoisotopic (exact) mass is 416 g/mol. The van der Waals surface area contributed by atoms with Crippen molar-refractivity contribution in [1.29, 1.82) is 0 Å². The number of nitrogens with zero attached hydrogens (tertiary/aromatic N) is 1. The van der Waals surface area contributed by atoms with Crippen LogP contribution in [0.2, 0.25) is 0 Å². The lowest BCUT2D eigenvalue weighted by molar-refractivity contribution is -0.119. The summed E-state index contributed by atoms with van der Waals surface area (Å²) in [5.41, 5.74) is 2.72. The molecule has 0 aliphatic rings. The van der Waals surface area contributed by atoms with Crippen LogP contribution in [-0.2, 0) is 11.3 Å². The molecule has 138 valence electrons. The molecule has 0 spiro atoms. The summed E-state index contributed by atoms with van der Waals surface area (Å²) >= 11 is 3.59. The standard InChI is InChI=1S/C21H25BrN2O2/c1-4-13-24(15(2)19-7-5-6-8-20(19)22)21(26)18-11-9-17(10-12-18)14-23-16(3)25/h5-12,15H,4,13-14H2,1-3H3,(H,23,25). The van der Waals surface area contributed by atoms with E-state index >= 15 is 0 Å². The van der Waals surface area contributed by atoms with Crippen molar-refractivity contribution in [3.63, 3.8) is 0 Å². The molecule has 0 aliphatic carbocycles. The van der Waals surface area contributed by atoms with Crippen molar-refractivity contribution >= 4 is 27.7 Å². The Hall–Kier alpha value is -2.14. The van der Waals surface area contributed by atoms with E-state index in [1.807, 2.05) is 53.4 Å². The van der Waals surface area contributed by atoms with Crippen molar-refractivity contribution in [3.8, 4) is 0 Å². The van der Waals surface area contributed by atoms with Gasteiger partial charge in [-0.25, -0.2) is 0 Å². The molecule has 26 heavy (non-hydrogen) atoms. The minimum absolute atomic E-state index is 0.0150. The maximum atomic E-state index is 13.1. The minimum atomic E-state index is -0.0680. The zero-order valence-electron chi connectivity index (χ0n) is 15.5. The average molecular weight is 417 g/mol.